The van der Waals surface area contributed by atoms with E-state index < -0.39 is 5.97 Å². The first kappa shape index (κ1) is 16.9. The van der Waals surface area contributed by atoms with Crippen molar-refractivity contribution in [1.82, 2.24) is 0 Å². The predicted molar refractivity (Wildman–Crippen MR) is 97.9 cm³/mol. The van der Waals surface area contributed by atoms with E-state index >= 15 is 0 Å². The number of nitrogens with one attached hydrogen (secondary N) is 1. The number of carbonyl (C=O) groups excluding carboxylic acids is 1. The molecule has 2 N–H and O–H groups in total. The van der Waals surface area contributed by atoms with Crippen LogP contribution in [0.15, 0.2) is 72.8 Å². The van der Waals surface area contributed by atoms with E-state index in [0.717, 1.165) is 0 Å². The van der Waals surface area contributed by atoms with Gasteiger partial charge in [-0.2, -0.15) is 5.26 Å². The summed E-state index contributed by atoms with van der Waals surface area (Å²) < 4.78 is 0. The molecule has 126 valence electrons. The molecule has 0 aliphatic rings. The normalized spacial score (nSPS) is 9.96. The van der Waals surface area contributed by atoms with Crippen molar-refractivity contribution in [3.63, 3.8) is 0 Å². The first-order valence-electron chi connectivity index (χ1n) is 7.83. The fourth-order valence-corrected chi connectivity index (χ4v) is 2.65. The number of amides is 1. The average Bonchev–Trinajstić information content (AvgIpc) is 2.68. The van der Waals surface area contributed by atoms with Gasteiger partial charge in [0.25, 0.3) is 5.91 Å². The smallest absolute Gasteiger partial charge is 0.336 e. The summed E-state index contributed by atoms with van der Waals surface area (Å²) in [5, 5.41) is 21.0. The Morgan fingerprint density at radius 1 is 0.808 bits per heavy atom. The lowest BCUT2D eigenvalue weighted by atomic mass is 9.95. The molecule has 0 aromatic heterocycles. The van der Waals surface area contributed by atoms with Crippen LogP contribution in [0.2, 0.25) is 0 Å². The van der Waals surface area contributed by atoms with E-state index in [0.29, 0.717) is 27.9 Å². The molecule has 0 fully saturated rings. The largest absolute Gasteiger partial charge is 0.478 e. The zero-order valence-electron chi connectivity index (χ0n) is 13.6. The van der Waals surface area contributed by atoms with E-state index in [4.69, 9.17) is 5.26 Å². The van der Waals surface area contributed by atoms with Crippen LogP contribution in [0.1, 0.15) is 26.3 Å². The van der Waals surface area contributed by atoms with Crippen LogP contribution in [0.25, 0.3) is 11.1 Å². The third kappa shape index (κ3) is 3.45. The Morgan fingerprint density at radius 3 is 1.92 bits per heavy atom. The Hall–Kier alpha value is -3.91. The number of carbonyl (C=O) groups is 2. The van der Waals surface area contributed by atoms with Crippen molar-refractivity contribution < 1.29 is 14.7 Å². The van der Waals surface area contributed by atoms with Gasteiger partial charge in [0.2, 0.25) is 0 Å². The number of benzene rings is 3. The minimum Gasteiger partial charge on any atom is -0.478 e. The van der Waals surface area contributed by atoms with Gasteiger partial charge >= 0.3 is 5.97 Å². The van der Waals surface area contributed by atoms with Crippen LogP contribution in [0.4, 0.5) is 5.69 Å². The molecule has 0 aliphatic heterocycles. The highest BCUT2D eigenvalue weighted by molar-refractivity contribution is 6.10. The number of nitrogens with zero attached hydrogens (tertiary/aromatic N) is 1. The minimum atomic E-state index is -1.05. The van der Waals surface area contributed by atoms with Crippen molar-refractivity contribution >= 4 is 17.6 Å². The predicted octanol–water partition coefficient (Wildman–Crippen LogP) is 4.18. The summed E-state index contributed by atoms with van der Waals surface area (Å²) in [5.74, 6) is -1.41. The van der Waals surface area contributed by atoms with E-state index in [1.165, 1.54) is 6.07 Å². The highest BCUT2D eigenvalue weighted by atomic mass is 16.4. The van der Waals surface area contributed by atoms with Gasteiger partial charge < -0.3 is 10.4 Å². The lowest BCUT2D eigenvalue weighted by molar-refractivity contribution is 0.0697. The number of carboxylic acid groups (broad SMARTS) is 1. The van der Waals surface area contributed by atoms with Gasteiger partial charge in [-0.05, 0) is 47.5 Å². The number of aromatic carboxylic acids is 1. The van der Waals surface area contributed by atoms with Gasteiger partial charge in [-0.15, -0.1) is 0 Å². The third-order valence-corrected chi connectivity index (χ3v) is 3.89. The van der Waals surface area contributed by atoms with Gasteiger partial charge in [0.15, 0.2) is 0 Å². The molecule has 0 bridgehead atoms. The molecule has 0 atom stereocenters. The highest BCUT2D eigenvalue weighted by Crippen LogP contribution is 2.28. The second-order valence-corrected chi connectivity index (χ2v) is 5.54. The first-order chi connectivity index (χ1) is 12.6. The Morgan fingerprint density at radius 2 is 1.35 bits per heavy atom. The molecule has 26 heavy (non-hydrogen) atoms. The Bertz CT molecular complexity index is 1020. The molecule has 0 unspecified atom stereocenters. The molecule has 0 saturated heterocycles. The summed E-state index contributed by atoms with van der Waals surface area (Å²) in [4.78, 5) is 24.2. The third-order valence-electron chi connectivity index (χ3n) is 3.89. The first-order valence-corrected chi connectivity index (χ1v) is 7.83. The molecule has 1 amide bonds. The van der Waals surface area contributed by atoms with Crippen LogP contribution in [-0.4, -0.2) is 17.0 Å². The van der Waals surface area contributed by atoms with Gasteiger partial charge in [0.05, 0.1) is 17.2 Å². The highest BCUT2D eigenvalue weighted by Gasteiger charge is 2.17. The molecule has 0 heterocycles. The number of rotatable bonds is 4. The maximum absolute atomic E-state index is 12.7. The molecule has 3 aromatic rings. The molecular formula is C21H14N2O3. The van der Waals surface area contributed by atoms with Crippen molar-refractivity contribution in [2.24, 2.45) is 0 Å². The number of hydrogen-bond acceptors (Lipinski definition) is 3. The molecule has 0 saturated carbocycles. The molecule has 3 rings (SSSR count). The fourth-order valence-electron chi connectivity index (χ4n) is 2.65. The van der Waals surface area contributed by atoms with Gasteiger partial charge in [-0.3, -0.25) is 4.79 Å². The SMILES string of the molecule is N#Cc1ccc(NC(=O)c2ccccc2-c2ccccc2C(=O)O)cc1. The molecule has 3 aromatic carbocycles. The van der Waals surface area contributed by atoms with Gasteiger partial charge in [-0.1, -0.05) is 36.4 Å². The summed E-state index contributed by atoms with van der Waals surface area (Å²) in [6.07, 6.45) is 0. The molecular weight excluding hydrogens is 328 g/mol. The summed E-state index contributed by atoms with van der Waals surface area (Å²) in [7, 11) is 0. The summed E-state index contributed by atoms with van der Waals surface area (Å²) in [6.45, 7) is 0. The standard InChI is InChI=1S/C21H14N2O3/c22-13-14-9-11-15(12-10-14)23-20(24)18-7-3-1-5-16(18)17-6-2-4-8-19(17)21(25)26/h1-12H,(H,23,24)(H,25,26). The zero-order chi connectivity index (χ0) is 18.5. The maximum atomic E-state index is 12.7. The minimum absolute atomic E-state index is 0.131. The van der Waals surface area contributed by atoms with Gasteiger partial charge in [0.1, 0.15) is 0 Å². The van der Waals surface area contributed by atoms with E-state index in [-0.39, 0.29) is 11.5 Å². The zero-order valence-corrected chi connectivity index (χ0v) is 13.6. The van der Waals surface area contributed by atoms with Crippen molar-refractivity contribution in [2.75, 3.05) is 5.32 Å². The van der Waals surface area contributed by atoms with Crippen LogP contribution in [0.3, 0.4) is 0 Å². The lowest BCUT2D eigenvalue weighted by Crippen LogP contribution is -2.13. The topological polar surface area (TPSA) is 90.2 Å². The van der Waals surface area contributed by atoms with Gasteiger partial charge in [0, 0.05) is 11.3 Å². The molecule has 5 nitrogen and oxygen atoms in total. The Labute approximate surface area is 150 Å². The molecule has 0 spiro atoms. The second-order valence-electron chi connectivity index (χ2n) is 5.54. The quantitative estimate of drug-likeness (QED) is 0.744. The Balaban J connectivity index is 1.98. The Kier molecular flexibility index (Phi) is 4.77. The van der Waals surface area contributed by atoms with Crippen LogP contribution >= 0.6 is 0 Å². The van der Waals surface area contributed by atoms with E-state index in [9.17, 15) is 14.7 Å². The molecule has 5 heteroatoms. The lowest BCUT2D eigenvalue weighted by Gasteiger charge is -2.12. The summed E-state index contributed by atoms with van der Waals surface area (Å²) in [6, 6.07) is 21.9. The molecule has 0 radical (unpaired) electrons. The second kappa shape index (κ2) is 7.32. The summed E-state index contributed by atoms with van der Waals surface area (Å²) in [5.41, 5.74) is 2.56. The van der Waals surface area contributed by atoms with Crippen LogP contribution in [0.5, 0.6) is 0 Å². The summed E-state index contributed by atoms with van der Waals surface area (Å²) >= 11 is 0. The van der Waals surface area contributed by atoms with Crippen LogP contribution < -0.4 is 5.32 Å². The van der Waals surface area contributed by atoms with Crippen molar-refractivity contribution in [2.45, 2.75) is 0 Å². The van der Waals surface area contributed by atoms with E-state index in [2.05, 4.69) is 5.32 Å². The maximum Gasteiger partial charge on any atom is 0.336 e. The van der Waals surface area contributed by atoms with E-state index in [1.54, 1.807) is 66.7 Å². The van der Waals surface area contributed by atoms with Crippen LogP contribution in [-0.2, 0) is 0 Å². The molecule has 0 aliphatic carbocycles. The number of carboxylic acids is 1. The monoisotopic (exact) mass is 342 g/mol. The number of hydrogen-bond donors (Lipinski definition) is 2. The van der Waals surface area contributed by atoms with Crippen molar-refractivity contribution in [3.05, 3.63) is 89.5 Å². The fraction of sp³-hybridized carbons (Fsp3) is 0. The van der Waals surface area contributed by atoms with Crippen LogP contribution in [0, 0.1) is 11.3 Å². The van der Waals surface area contributed by atoms with Gasteiger partial charge in [-0.25, -0.2) is 4.79 Å². The van der Waals surface area contributed by atoms with Crippen molar-refractivity contribution in [1.29, 1.82) is 5.26 Å². The average molecular weight is 342 g/mol. The number of nitriles is 1. The number of anilines is 1. The van der Waals surface area contributed by atoms with E-state index in [1.807, 2.05) is 6.07 Å². The van der Waals surface area contributed by atoms with Crippen molar-refractivity contribution in [3.8, 4) is 17.2 Å².